The normalized spacial score (nSPS) is 16.2. The minimum atomic E-state index is -0.0430. The summed E-state index contributed by atoms with van der Waals surface area (Å²) in [5.74, 6) is 0.925. The van der Waals surface area contributed by atoms with Gasteiger partial charge in [-0.2, -0.15) is 0 Å². The summed E-state index contributed by atoms with van der Waals surface area (Å²) in [4.78, 5) is 17.8. The van der Waals surface area contributed by atoms with Crippen LogP contribution in [0.4, 0.5) is 4.79 Å². The second-order valence-corrected chi connectivity index (χ2v) is 7.34. The molecule has 3 heterocycles. The zero-order chi connectivity index (χ0) is 16.9. The Labute approximate surface area is 147 Å². The summed E-state index contributed by atoms with van der Waals surface area (Å²) in [6, 6.07) is 6.06. The molecular formula is C18H25N3O2S. The number of nitrogens with one attached hydrogen (secondary N) is 1. The van der Waals surface area contributed by atoms with E-state index in [4.69, 9.17) is 4.42 Å². The first-order valence-corrected chi connectivity index (χ1v) is 9.32. The van der Waals surface area contributed by atoms with E-state index in [1.54, 1.807) is 22.5 Å². The van der Waals surface area contributed by atoms with Crippen molar-refractivity contribution in [2.45, 2.75) is 32.4 Å². The van der Waals surface area contributed by atoms with E-state index in [0.29, 0.717) is 13.1 Å². The third-order valence-electron chi connectivity index (χ3n) is 4.60. The van der Waals surface area contributed by atoms with Gasteiger partial charge >= 0.3 is 6.03 Å². The van der Waals surface area contributed by atoms with Crippen molar-refractivity contribution < 1.29 is 9.21 Å². The van der Waals surface area contributed by atoms with Crippen LogP contribution in [-0.2, 0) is 6.54 Å². The van der Waals surface area contributed by atoms with Crippen molar-refractivity contribution in [1.29, 1.82) is 0 Å². The van der Waals surface area contributed by atoms with Crippen LogP contribution >= 0.6 is 11.3 Å². The lowest BCUT2D eigenvalue weighted by Crippen LogP contribution is -2.42. The van der Waals surface area contributed by atoms with Gasteiger partial charge in [-0.05, 0) is 62.0 Å². The molecule has 0 radical (unpaired) electrons. The molecule has 6 heteroatoms. The van der Waals surface area contributed by atoms with Gasteiger partial charge in [-0.25, -0.2) is 4.79 Å². The van der Waals surface area contributed by atoms with Crippen LogP contribution < -0.4 is 5.32 Å². The van der Waals surface area contributed by atoms with E-state index in [0.717, 1.165) is 18.8 Å². The van der Waals surface area contributed by atoms with Crippen LogP contribution in [0.2, 0.25) is 0 Å². The topological polar surface area (TPSA) is 48.7 Å². The molecular weight excluding hydrogens is 322 g/mol. The van der Waals surface area contributed by atoms with Crippen LogP contribution in [0.25, 0.3) is 0 Å². The number of hydrogen-bond acceptors (Lipinski definition) is 4. The van der Waals surface area contributed by atoms with Crippen molar-refractivity contribution in [2.24, 2.45) is 0 Å². The van der Waals surface area contributed by atoms with Crippen molar-refractivity contribution in [3.05, 3.63) is 46.0 Å². The highest BCUT2D eigenvalue weighted by Gasteiger charge is 2.26. The molecule has 1 aliphatic heterocycles. The fraction of sp³-hybridized carbons (Fsp3) is 0.500. The van der Waals surface area contributed by atoms with Crippen LogP contribution in [0.3, 0.4) is 0 Å². The molecule has 2 aromatic heterocycles. The maximum atomic E-state index is 12.4. The van der Waals surface area contributed by atoms with Crippen LogP contribution in [0.1, 0.15) is 35.1 Å². The number of rotatable bonds is 6. The molecule has 1 saturated heterocycles. The van der Waals surface area contributed by atoms with Gasteiger partial charge in [-0.1, -0.05) is 0 Å². The quantitative estimate of drug-likeness (QED) is 0.868. The number of carbonyl (C=O) groups excluding carboxylic acids is 1. The third kappa shape index (κ3) is 3.99. The van der Waals surface area contributed by atoms with Crippen molar-refractivity contribution in [3.63, 3.8) is 0 Å². The first-order valence-electron chi connectivity index (χ1n) is 8.44. The Balaban J connectivity index is 1.57. The van der Waals surface area contributed by atoms with Crippen LogP contribution in [0.5, 0.6) is 0 Å². The van der Waals surface area contributed by atoms with Gasteiger partial charge in [0.2, 0.25) is 0 Å². The molecule has 3 rings (SSSR count). The van der Waals surface area contributed by atoms with E-state index in [1.165, 1.54) is 23.3 Å². The standard InChI is InChI=1S/C18H25N3O2S/c1-14-7-11-24-17(14)13-20(2)18(22)19-12-15(16-6-5-10-23-16)21-8-3-4-9-21/h5-7,10-11,15H,3-4,8-9,12-13H2,1-2H3,(H,19,22)/t15-/m1/s1. The lowest BCUT2D eigenvalue weighted by molar-refractivity contribution is 0.187. The molecule has 0 unspecified atom stereocenters. The molecule has 1 fully saturated rings. The lowest BCUT2D eigenvalue weighted by atomic mass is 10.2. The Bertz CT molecular complexity index is 647. The van der Waals surface area contributed by atoms with E-state index in [1.807, 2.05) is 19.2 Å². The Hall–Kier alpha value is -1.79. The molecule has 130 valence electrons. The molecule has 1 N–H and O–H groups in total. The average molecular weight is 347 g/mol. The summed E-state index contributed by atoms with van der Waals surface area (Å²) in [7, 11) is 1.84. The highest BCUT2D eigenvalue weighted by Crippen LogP contribution is 2.25. The van der Waals surface area contributed by atoms with Crippen LogP contribution in [0, 0.1) is 6.92 Å². The van der Waals surface area contributed by atoms with E-state index in [9.17, 15) is 4.79 Å². The zero-order valence-corrected chi connectivity index (χ0v) is 15.1. The van der Waals surface area contributed by atoms with Crippen molar-refractivity contribution >= 4 is 17.4 Å². The van der Waals surface area contributed by atoms with Gasteiger partial charge in [0, 0.05) is 18.5 Å². The first kappa shape index (κ1) is 17.0. The number of furan rings is 1. The number of carbonyl (C=O) groups is 1. The number of aryl methyl sites for hydroxylation is 1. The average Bonchev–Trinajstić information content (AvgIpc) is 3.31. The molecule has 0 aromatic carbocycles. The summed E-state index contributed by atoms with van der Waals surface area (Å²) < 4.78 is 5.60. The van der Waals surface area contributed by atoms with E-state index in [-0.39, 0.29) is 12.1 Å². The summed E-state index contributed by atoms with van der Waals surface area (Å²) in [6.07, 6.45) is 4.12. The van der Waals surface area contributed by atoms with Crippen molar-refractivity contribution in [2.75, 3.05) is 26.7 Å². The summed E-state index contributed by atoms with van der Waals surface area (Å²) in [5, 5.41) is 5.14. The van der Waals surface area contributed by atoms with Gasteiger partial charge in [0.05, 0.1) is 18.8 Å². The maximum absolute atomic E-state index is 12.4. The first-order chi connectivity index (χ1) is 11.6. The third-order valence-corrected chi connectivity index (χ3v) is 5.60. The number of nitrogens with zero attached hydrogens (tertiary/aromatic N) is 2. The molecule has 24 heavy (non-hydrogen) atoms. The number of hydrogen-bond donors (Lipinski definition) is 1. The Morgan fingerprint density at radius 3 is 2.83 bits per heavy atom. The smallest absolute Gasteiger partial charge is 0.317 e. The van der Waals surface area contributed by atoms with Crippen LogP contribution in [-0.4, -0.2) is 42.5 Å². The number of thiophene rings is 1. The molecule has 0 bridgehead atoms. The van der Waals surface area contributed by atoms with E-state index >= 15 is 0 Å². The van der Waals surface area contributed by atoms with Crippen molar-refractivity contribution in [1.82, 2.24) is 15.1 Å². The molecule has 1 aliphatic rings. The predicted molar refractivity (Wildman–Crippen MR) is 96.2 cm³/mol. The second-order valence-electron chi connectivity index (χ2n) is 6.34. The highest BCUT2D eigenvalue weighted by molar-refractivity contribution is 7.10. The van der Waals surface area contributed by atoms with Crippen molar-refractivity contribution in [3.8, 4) is 0 Å². The SMILES string of the molecule is Cc1ccsc1CN(C)C(=O)NC[C@H](c1ccco1)N1CCCC1. The summed E-state index contributed by atoms with van der Waals surface area (Å²) >= 11 is 1.69. The second kappa shape index (κ2) is 7.85. The van der Waals surface area contributed by atoms with Gasteiger partial charge in [-0.3, -0.25) is 4.90 Å². The minimum Gasteiger partial charge on any atom is -0.468 e. The lowest BCUT2D eigenvalue weighted by Gasteiger charge is -2.27. The molecule has 0 saturated carbocycles. The molecule has 5 nitrogen and oxygen atoms in total. The van der Waals surface area contributed by atoms with E-state index in [2.05, 4.69) is 28.6 Å². The molecule has 0 spiro atoms. The molecule has 0 aliphatic carbocycles. The Morgan fingerprint density at radius 2 is 2.21 bits per heavy atom. The summed E-state index contributed by atoms with van der Waals surface area (Å²) in [6.45, 7) is 5.42. The molecule has 1 atom stereocenters. The van der Waals surface area contributed by atoms with E-state index < -0.39 is 0 Å². The predicted octanol–water partition coefficient (Wildman–Crippen LogP) is 3.63. The largest absolute Gasteiger partial charge is 0.468 e. The zero-order valence-electron chi connectivity index (χ0n) is 14.3. The van der Waals surface area contributed by atoms with Gasteiger partial charge in [0.25, 0.3) is 0 Å². The number of urea groups is 1. The minimum absolute atomic E-state index is 0.0430. The van der Waals surface area contributed by atoms with Gasteiger partial charge < -0.3 is 14.6 Å². The summed E-state index contributed by atoms with van der Waals surface area (Å²) in [5.41, 5.74) is 1.24. The Kier molecular flexibility index (Phi) is 5.58. The molecule has 2 aromatic rings. The monoisotopic (exact) mass is 347 g/mol. The highest BCUT2D eigenvalue weighted by atomic mass is 32.1. The fourth-order valence-electron chi connectivity index (χ4n) is 3.12. The number of amides is 2. The number of likely N-dealkylation sites (tertiary alicyclic amines) is 1. The van der Waals surface area contributed by atoms with Crippen LogP contribution in [0.15, 0.2) is 34.3 Å². The maximum Gasteiger partial charge on any atom is 0.317 e. The van der Waals surface area contributed by atoms with Gasteiger partial charge in [0.1, 0.15) is 5.76 Å². The van der Waals surface area contributed by atoms with Gasteiger partial charge in [0.15, 0.2) is 0 Å². The Morgan fingerprint density at radius 1 is 1.42 bits per heavy atom. The fourth-order valence-corrected chi connectivity index (χ4v) is 4.07. The van der Waals surface area contributed by atoms with Gasteiger partial charge in [-0.15, -0.1) is 11.3 Å². The molecule has 2 amide bonds.